The molecule has 6 aromatic rings. The lowest BCUT2D eigenvalue weighted by Crippen LogP contribution is -2.48. The molecule has 1 N–H and O–H groups in total. The summed E-state index contributed by atoms with van der Waals surface area (Å²) in [5.74, 6) is 2.15. The lowest BCUT2D eigenvalue weighted by molar-refractivity contribution is -0.134. The van der Waals surface area contributed by atoms with Gasteiger partial charge < -0.3 is 28.9 Å². The van der Waals surface area contributed by atoms with E-state index in [2.05, 4.69) is 51.1 Å². The Morgan fingerprint density at radius 2 is 1.77 bits per heavy atom. The smallest absolute Gasteiger partial charge is 0.409 e. The van der Waals surface area contributed by atoms with Crippen LogP contribution < -0.4 is 19.9 Å². The average molecular weight is 1080 g/mol. The Morgan fingerprint density at radius 1 is 0.911 bits per heavy atom. The number of benzene rings is 3. The fourth-order valence-electron chi connectivity index (χ4n) is 14.8. The molecule has 1 unspecified atom stereocenters. The van der Waals surface area contributed by atoms with Crippen molar-refractivity contribution >= 4 is 62.0 Å². The van der Waals surface area contributed by atoms with Crippen LogP contribution in [0, 0.1) is 35.8 Å². The van der Waals surface area contributed by atoms with E-state index in [1.807, 2.05) is 22.7 Å². The molecule has 3 aromatic heterocycles. The van der Waals surface area contributed by atoms with Crippen LogP contribution in [0.1, 0.15) is 113 Å². The number of aryl methyl sites for hydroxylation is 2. The average Bonchev–Trinajstić information content (AvgIpc) is 4.27. The molecular formula is C61H68F2N10O6. The number of anilines is 2. The molecule has 13 rings (SSSR count). The Kier molecular flexibility index (Phi) is 13.6. The highest BCUT2D eigenvalue weighted by atomic mass is 19.1. The number of hydrogen-bond donors (Lipinski definition) is 1. The number of pyridine rings is 1. The fraction of sp³-hybridized carbons (Fsp3) is 0.525. The molecule has 10 heterocycles. The van der Waals surface area contributed by atoms with E-state index < -0.39 is 17.6 Å². The molecule has 6 saturated heterocycles. The number of piperidine rings is 3. The van der Waals surface area contributed by atoms with Gasteiger partial charge in [0.2, 0.25) is 11.8 Å². The molecule has 0 saturated carbocycles. The van der Waals surface area contributed by atoms with Crippen molar-refractivity contribution < 1.29 is 37.4 Å². The maximum Gasteiger partial charge on any atom is 0.409 e. The number of halogens is 2. The van der Waals surface area contributed by atoms with Gasteiger partial charge in [-0.05, 0) is 138 Å². The van der Waals surface area contributed by atoms with Gasteiger partial charge in [0.05, 0.1) is 52.0 Å². The second-order valence-electron chi connectivity index (χ2n) is 23.5. The minimum absolute atomic E-state index is 0.00376. The Bertz CT molecular complexity index is 3450. The van der Waals surface area contributed by atoms with Gasteiger partial charge in [0.1, 0.15) is 36.1 Å². The normalized spacial score (nSPS) is 25.8. The lowest BCUT2D eigenvalue weighted by atomic mass is 9.81. The number of amides is 3. The minimum Gasteiger partial charge on any atom is -0.461 e. The number of likely N-dealkylation sites (tertiary alicyclic amines) is 1. The molecule has 7 aliphatic rings. The highest BCUT2D eigenvalue weighted by Crippen LogP contribution is 2.45. The van der Waals surface area contributed by atoms with E-state index in [9.17, 15) is 14.4 Å². The van der Waals surface area contributed by atoms with Crippen LogP contribution in [-0.4, -0.2) is 135 Å². The van der Waals surface area contributed by atoms with Gasteiger partial charge in [-0.25, -0.2) is 18.6 Å². The Labute approximate surface area is 458 Å². The number of aromatic nitrogens is 5. The summed E-state index contributed by atoms with van der Waals surface area (Å²) in [5.41, 5.74) is 3.86. The van der Waals surface area contributed by atoms with Crippen molar-refractivity contribution in [2.45, 2.75) is 126 Å². The van der Waals surface area contributed by atoms with Crippen LogP contribution in [0.25, 0.3) is 43.8 Å². The largest absolute Gasteiger partial charge is 0.461 e. The first kappa shape index (κ1) is 51.5. The number of nitrogens with zero attached hydrogens (tertiary/aromatic N) is 9. The topological polar surface area (TPSA) is 160 Å². The monoisotopic (exact) mass is 1070 g/mol. The van der Waals surface area contributed by atoms with E-state index in [-0.39, 0.29) is 58.3 Å². The van der Waals surface area contributed by atoms with E-state index >= 15 is 8.78 Å². The first-order chi connectivity index (χ1) is 38.4. The van der Waals surface area contributed by atoms with Crippen molar-refractivity contribution in [3.8, 4) is 29.6 Å². The summed E-state index contributed by atoms with van der Waals surface area (Å²) < 4.78 is 53.4. The molecule has 79 heavy (non-hydrogen) atoms. The molecule has 0 bridgehead atoms. The van der Waals surface area contributed by atoms with Gasteiger partial charge in [-0.1, -0.05) is 30.2 Å². The van der Waals surface area contributed by atoms with Gasteiger partial charge in [0.15, 0.2) is 5.82 Å². The van der Waals surface area contributed by atoms with Crippen LogP contribution in [0.3, 0.4) is 0 Å². The van der Waals surface area contributed by atoms with Crippen molar-refractivity contribution in [3.05, 3.63) is 77.1 Å². The van der Waals surface area contributed by atoms with Crippen molar-refractivity contribution in [2.75, 3.05) is 69.0 Å². The molecular weight excluding hydrogens is 1010 g/mol. The molecule has 6 atom stereocenters. The van der Waals surface area contributed by atoms with E-state index in [4.69, 9.17) is 40.7 Å². The third-order valence-electron chi connectivity index (χ3n) is 18.8. The number of carbonyl (C=O) groups excluding carboxylic acids is 3. The van der Waals surface area contributed by atoms with Crippen molar-refractivity contribution in [1.29, 1.82) is 0 Å². The molecule has 6 fully saturated rings. The second kappa shape index (κ2) is 20.9. The summed E-state index contributed by atoms with van der Waals surface area (Å²) in [6.07, 6.45) is 17.4. The van der Waals surface area contributed by atoms with Gasteiger partial charge in [-0.3, -0.25) is 24.5 Å². The molecule has 0 spiro atoms. The first-order valence-corrected chi connectivity index (χ1v) is 28.7. The number of hydrogen-bond acceptors (Lipinski definition) is 13. The number of carbonyl (C=O) groups is 3. The third kappa shape index (κ3) is 9.37. The van der Waals surface area contributed by atoms with Crippen molar-refractivity contribution in [1.82, 2.24) is 39.8 Å². The zero-order valence-corrected chi connectivity index (χ0v) is 45.2. The lowest BCUT2D eigenvalue weighted by Gasteiger charge is -2.41. The molecule has 412 valence electrons. The van der Waals surface area contributed by atoms with Crippen LogP contribution in [0.5, 0.6) is 6.01 Å². The Morgan fingerprint density at radius 3 is 2.61 bits per heavy atom. The Balaban J connectivity index is 0.638. The number of rotatable bonds is 10. The molecule has 0 aliphatic carbocycles. The van der Waals surface area contributed by atoms with Crippen LogP contribution in [0.4, 0.5) is 25.1 Å². The van der Waals surface area contributed by atoms with Crippen LogP contribution in [0.15, 0.2) is 48.5 Å². The summed E-state index contributed by atoms with van der Waals surface area (Å²) in [5, 5.41) is 9.85. The second-order valence-corrected chi connectivity index (χ2v) is 23.5. The third-order valence-corrected chi connectivity index (χ3v) is 18.8. The maximum absolute atomic E-state index is 17.5. The van der Waals surface area contributed by atoms with E-state index in [0.29, 0.717) is 116 Å². The zero-order valence-electron chi connectivity index (χ0n) is 45.2. The van der Waals surface area contributed by atoms with Crippen LogP contribution >= 0.6 is 0 Å². The number of imide groups is 1. The van der Waals surface area contributed by atoms with E-state index in [1.165, 1.54) is 6.07 Å². The first-order valence-electron chi connectivity index (χ1n) is 28.7. The SMILES string of the molecule is C#Cc1c(F)ccc2cccc(-c3nc4c5c(nc(OC[C@@]67CCCN6[C@H](COC(=O)N6CCC(C[C@@H]8CCN(c9ccc%10c(C%11CCC(=O)NC%11=O)nn(C)c%10c9)[C@@H](C)C8)CC6)CC7)nc5c3F)N3CCCOC[C@@H]3CC4)c12. The Hall–Kier alpha value is -6.97. The summed E-state index contributed by atoms with van der Waals surface area (Å²) >= 11 is 0. The van der Waals surface area contributed by atoms with Gasteiger partial charge in [-0.15, -0.1) is 6.42 Å². The van der Waals surface area contributed by atoms with Gasteiger partial charge in [0.25, 0.3) is 0 Å². The molecule has 18 heteroatoms. The minimum atomic E-state index is -0.640. The summed E-state index contributed by atoms with van der Waals surface area (Å²) in [6, 6.07) is 15.3. The molecule has 3 aromatic carbocycles. The van der Waals surface area contributed by atoms with Gasteiger partial charge in [0, 0.05) is 80.4 Å². The molecule has 3 amide bonds. The zero-order chi connectivity index (χ0) is 54.1. The highest BCUT2D eigenvalue weighted by Gasteiger charge is 2.50. The number of nitrogens with one attached hydrogen (secondary N) is 1. The standard InChI is InChI=1S/C61H68F2N10O6/c1-4-43-47(62)15-10-39-8-5-9-45(51(39)43)55-53(63)56-52-48(64-55)16-12-41-33-77-29-7-24-72(41)57(52)67-59(66-56)79-35-61-22-6-25-73(61)42(18-23-61)34-78-60(76)70-26-19-37(20-27-70)31-38-21-28-71(36(2)30-38)40-11-13-44-49(32-40)69(3)68-54(44)46-14-17-50(74)65-58(46)75/h1,5,8-11,13,15,32,36-38,41-42,46H,6-7,12,14,16-31,33-35H2,2-3H3,(H,65,74,75)/t36-,38+,41-,42-,46?,61-/m0/s1. The highest BCUT2D eigenvalue weighted by molar-refractivity contribution is 6.04. The number of ether oxygens (including phenoxy) is 3. The van der Waals surface area contributed by atoms with Gasteiger partial charge >= 0.3 is 12.1 Å². The number of fused-ring (bicyclic) bond motifs is 5. The van der Waals surface area contributed by atoms with E-state index in [1.54, 1.807) is 18.2 Å². The fourth-order valence-corrected chi connectivity index (χ4v) is 14.8. The number of terminal acetylenes is 1. The van der Waals surface area contributed by atoms with Crippen LogP contribution in [0.2, 0.25) is 0 Å². The van der Waals surface area contributed by atoms with Gasteiger partial charge in [-0.2, -0.15) is 15.1 Å². The predicted molar refractivity (Wildman–Crippen MR) is 296 cm³/mol. The summed E-state index contributed by atoms with van der Waals surface area (Å²) in [7, 11) is 1.92. The molecule has 16 nitrogen and oxygen atoms in total. The molecule has 7 aliphatic heterocycles. The summed E-state index contributed by atoms with van der Waals surface area (Å²) in [4.78, 5) is 62.2. The van der Waals surface area contributed by atoms with Crippen molar-refractivity contribution in [2.24, 2.45) is 18.9 Å². The van der Waals surface area contributed by atoms with Crippen LogP contribution in [-0.2, 0) is 32.5 Å². The van der Waals surface area contributed by atoms with Crippen molar-refractivity contribution in [3.63, 3.8) is 0 Å². The summed E-state index contributed by atoms with van der Waals surface area (Å²) in [6.45, 7) is 7.95. The molecule has 0 radical (unpaired) electrons. The van der Waals surface area contributed by atoms with E-state index in [0.717, 1.165) is 106 Å². The predicted octanol–water partition coefficient (Wildman–Crippen LogP) is 8.97. The quantitative estimate of drug-likeness (QED) is 0.102. The maximum atomic E-state index is 17.5.